The van der Waals surface area contributed by atoms with Crippen molar-refractivity contribution in [1.82, 2.24) is 4.90 Å². The van der Waals surface area contributed by atoms with Gasteiger partial charge in [-0.25, -0.2) is 4.39 Å². The Labute approximate surface area is 113 Å². The number of benzene rings is 1. The van der Waals surface area contributed by atoms with Crippen LogP contribution >= 0.6 is 0 Å². The van der Waals surface area contributed by atoms with Gasteiger partial charge in [0, 0.05) is 25.2 Å². The first-order valence-corrected chi connectivity index (χ1v) is 7.02. The molecule has 2 aliphatic rings. The molecule has 1 aliphatic carbocycles. The minimum Gasteiger partial charge on any atom is -0.494 e. The van der Waals surface area contributed by atoms with Crippen LogP contribution in [0.4, 0.5) is 4.39 Å². The van der Waals surface area contributed by atoms with Crippen molar-refractivity contribution in [3.05, 3.63) is 29.6 Å². The van der Waals surface area contributed by atoms with Gasteiger partial charge in [0.05, 0.1) is 7.11 Å². The third kappa shape index (κ3) is 2.23. The number of rotatable bonds is 4. The van der Waals surface area contributed by atoms with Crippen molar-refractivity contribution in [1.29, 1.82) is 0 Å². The van der Waals surface area contributed by atoms with Crippen LogP contribution in [-0.4, -0.2) is 31.1 Å². The number of halogens is 1. The van der Waals surface area contributed by atoms with E-state index in [1.54, 1.807) is 12.1 Å². The predicted octanol–water partition coefficient (Wildman–Crippen LogP) is 2.32. The van der Waals surface area contributed by atoms with Crippen molar-refractivity contribution in [3.8, 4) is 5.75 Å². The van der Waals surface area contributed by atoms with E-state index in [9.17, 15) is 4.39 Å². The van der Waals surface area contributed by atoms with E-state index in [0.717, 1.165) is 18.0 Å². The minimum absolute atomic E-state index is 0.135. The Morgan fingerprint density at radius 1 is 1.47 bits per heavy atom. The number of methoxy groups -OCH3 is 1. The molecule has 0 amide bonds. The molecule has 0 radical (unpaired) electrons. The number of nitrogens with zero attached hydrogens (tertiary/aromatic N) is 1. The van der Waals surface area contributed by atoms with E-state index in [2.05, 4.69) is 4.90 Å². The van der Waals surface area contributed by atoms with Gasteiger partial charge >= 0.3 is 0 Å². The average Bonchev–Trinajstić information content (AvgIpc) is 3.02. The van der Waals surface area contributed by atoms with Gasteiger partial charge in [0.1, 0.15) is 0 Å². The number of piperidine rings is 1. The standard InChI is InChI=1S/C15H21FN2O/c1-19-15-5-3-11(7-13(15)16)14(8-17)18-9-10-2-4-12(18)6-10/h3,5,7,10,12,14H,2,4,6,8-9,17H2,1H3. The van der Waals surface area contributed by atoms with Crippen LogP contribution in [0.3, 0.4) is 0 Å². The second-order valence-corrected chi connectivity index (χ2v) is 5.68. The third-order valence-electron chi connectivity index (χ3n) is 4.64. The summed E-state index contributed by atoms with van der Waals surface area (Å²) in [6, 6.07) is 5.98. The van der Waals surface area contributed by atoms with Crippen LogP contribution in [0.1, 0.15) is 30.9 Å². The molecule has 2 bridgehead atoms. The lowest BCUT2D eigenvalue weighted by Gasteiger charge is -2.34. The Morgan fingerprint density at radius 3 is 2.84 bits per heavy atom. The number of ether oxygens (including phenoxy) is 1. The summed E-state index contributed by atoms with van der Waals surface area (Å²) in [6.07, 6.45) is 3.89. The highest BCUT2D eigenvalue weighted by atomic mass is 19.1. The van der Waals surface area contributed by atoms with Gasteiger partial charge in [-0.3, -0.25) is 4.90 Å². The molecule has 3 atom stereocenters. The average molecular weight is 264 g/mol. The van der Waals surface area contributed by atoms with Crippen molar-refractivity contribution in [3.63, 3.8) is 0 Å². The maximum Gasteiger partial charge on any atom is 0.165 e. The lowest BCUT2D eigenvalue weighted by Crippen LogP contribution is -2.39. The van der Waals surface area contributed by atoms with Crippen molar-refractivity contribution in [2.75, 3.05) is 20.2 Å². The lowest BCUT2D eigenvalue weighted by molar-refractivity contribution is 0.152. The highest BCUT2D eigenvalue weighted by Crippen LogP contribution is 2.42. The fourth-order valence-electron chi connectivity index (χ4n) is 3.70. The number of hydrogen-bond acceptors (Lipinski definition) is 3. The molecule has 1 aromatic carbocycles. The number of fused-ring (bicyclic) bond motifs is 2. The van der Waals surface area contributed by atoms with Crippen molar-refractivity contribution in [2.24, 2.45) is 11.7 Å². The second kappa shape index (κ2) is 5.10. The second-order valence-electron chi connectivity index (χ2n) is 5.68. The largest absolute Gasteiger partial charge is 0.494 e. The van der Waals surface area contributed by atoms with Crippen LogP contribution in [0.15, 0.2) is 18.2 Å². The Bertz CT molecular complexity index is 465. The highest BCUT2D eigenvalue weighted by Gasteiger charge is 2.41. The third-order valence-corrected chi connectivity index (χ3v) is 4.64. The van der Waals surface area contributed by atoms with Crippen molar-refractivity contribution < 1.29 is 9.13 Å². The Morgan fingerprint density at radius 2 is 2.32 bits per heavy atom. The van der Waals surface area contributed by atoms with E-state index in [1.807, 2.05) is 6.07 Å². The molecule has 2 fully saturated rings. The van der Waals surface area contributed by atoms with Crippen LogP contribution in [0.2, 0.25) is 0 Å². The molecule has 1 aliphatic heterocycles. The van der Waals surface area contributed by atoms with E-state index < -0.39 is 0 Å². The van der Waals surface area contributed by atoms with Gasteiger partial charge in [-0.15, -0.1) is 0 Å². The monoisotopic (exact) mass is 264 g/mol. The Kier molecular flexibility index (Phi) is 3.46. The molecule has 1 aromatic rings. The minimum atomic E-state index is -0.303. The SMILES string of the molecule is COc1ccc(C(CN)N2CC3CCC2C3)cc1F. The molecule has 104 valence electrons. The summed E-state index contributed by atoms with van der Waals surface area (Å²) in [7, 11) is 1.48. The van der Waals surface area contributed by atoms with Crippen LogP contribution < -0.4 is 10.5 Å². The first kappa shape index (κ1) is 12.9. The van der Waals surface area contributed by atoms with Gasteiger partial charge in [-0.1, -0.05) is 6.07 Å². The smallest absolute Gasteiger partial charge is 0.165 e. The van der Waals surface area contributed by atoms with Gasteiger partial charge in [0.15, 0.2) is 11.6 Å². The summed E-state index contributed by atoms with van der Waals surface area (Å²) in [5, 5.41) is 0. The fourth-order valence-corrected chi connectivity index (χ4v) is 3.70. The van der Waals surface area contributed by atoms with Gasteiger partial charge in [-0.05, 0) is 42.9 Å². The summed E-state index contributed by atoms with van der Waals surface area (Å²) >= 11 is 0. The predicted molar refractivity (Wildman–Crippen MR) is 72.6 cm³/mol. The van der Waals surface area contributed by atoms with E-state index in [1.165, 1.54) is 26.4 Å². The van der Waals surface area contributed by atoms with Gasteiger partial charge in [-0.2, -0.15) is 0 Å². The normalized spacial score (nSPS) is 27.7. The van der Waals surface area contributed by atoms with Crippen LogP contribution in [0.25, 0.3) is 0 Å². The van der Waals surface area contributed by atoms with Crippen LogP contribution in [-0.2, 0) is 0 Å². The quantitative estimate of drug-likeness (QED) is 0.907. The van der Waals surface area contributed by atoms with Gasteiger partial charge in [0.2, 0.25) is 0 Å². The van der Waals surface area contributed by atoms with E-state index in [4.69, 9.17) is 10.5 Å². The lowest BCUT2D eigenvalue weighted by atomic mass is 10.0. The first-order valence-electron chi connectivity index (χ1n) is 7.02. The first-order chi connectivity index (χ1) is 9.22. The molecule has 1 saturated carbocycles. The molecule has 1 saturated heterocycles. The van der Waals surface area contributed by atoms with Crippen LogP contribution in [0, 0.1) is 11.7 Å². The fraction of sp³-hybridized carbons (Fsp3) is 0.600. The molecule has 2 N–H and O–H groups in total. The molecule has 4 heteroatoms. The summed E-state index contributed by atoms with van der Waals surface area (Å²) in [6.45, 7) is 1.65. The zero-order valence-electron chi connectivity index (χ0n) is 11.3. The number of nitrogens with two attached hydrogens (primary N) is 1. The molecule has 3 nitrogen and oxygen atoms in total. The summed E-state index contributed by atoms with van der Waals surface area (Å²) in [5.74, 6) is 0.812. The zero-order chi connectivity index (χ0) is 13.4. The molecule has 19 heavy (non-hydrogen) atoms. The molecule has 3 rings (SSSR count). The summed E-state index contributed by atoms with van der Waals surface area (Å²) in [4.78, 5) is 2.47. The van der Waals surface area contributed by atoms with Gasteiger partial charge < -0.3 is 10.5 Å². The highest BCUT2D eigenvalue weighted by molar-refractivity contribution is 5.31. The molecular formula is C15H21FN2O. The Hall–Kier alpha value is -1.13. The van der Waals surface area contributed by atoms with E-state index in [0.29, 0.717) is 18.3 Å². The molecular weight excluding hydrogens is 243 g/mol. The number of likely N-dealkylation sites (tertiary alicyclic amines) is 1. The zero-order valence-corrected chi connectivity index (χ0v) is 11.3. The van der Waals surface area contributed by atoms with Crippen molar-refractivity contribution >= 4 is 0 Å². The van der Waals surface area contributed by atoms with E-state index >= 15 is 0 Å². The Balaban J connectivity index is 1.84. The summed E-state index contributed by atoms with van der Waals surface area (Å²) in [5.41, 5.74) is 6.91. The van der Waals surface area contributed by atoms with Crippen LogP contribution in [0.5, 0.6) is 5.75 Å². The molecule has 1 heterocycles. The van der Waals surface area contributed by atoms with Crippen molar-refractivity contribution in [2.45, 2.75) is 31.3 Å². The maximum absolute atomic E-state index is 13.8. The molecule has 0 spiro atoms. The molecule has 3 unspecified atom stereocenters. The number of hydrogen-bond donors (Lipinski definition) is 1. The maximum atomic E-state index is 13.8. The van der Waals surface area contributed by atoms with E-state index in [-0.39, 0.29) is 11.9 Å². The molecule has 0 aromatic heterocycles. The summed E-state index contributed by atoms with van der Waals surface area (Å²) < 4.78 is 18.8. The topological polar surface area (TPSA) is 38.5 Å². The van der Waals surface area contributed by atoms with Gasteiger partial charge in [0.25, 0.3) is 0 Å².